The summed E-state index contributed by atoms with van der Waals surface area (Å²) >= 11 is 3.46. The van der Waals surface area contributed by atoms with Crippen LogP contribution in [0.3, 0.4) is 0 Å². The van der Waals surface area contributed by atoms with Crippen molar-refractivity contribution in [2.45, 2.75) is 25.9 Å². The van der Waals surface area contributed by atoms with Crippen LogP contribution < -0.4 is 0 Å². The van der Waals surface area contributed by atoms with Crippen molar-refractivity contribution >= 4 is 15.9 Å². The van der Waals surface area contributed by atoms with Gasteiger partial charge in [-0.2, -0.15) is 0 Å². The maximum Gasteiger partial charge on any atom is 0.146 e. The molecule has 0 N–H and O–H groups in total. The van der Waals surface area contributed by atoms with Crippen molar-refractivity contribution in [2.75, 3.05) is 13.9 Å². The summed E-state index contributed by atoms with van der Waals surface area (Å²) in [7, 11) is 1.64. The van der Waals surface area contributed by atoms with Gasteiger partial charge in [0.2, 0.25) is 0 Å². The second-order valence-corrected chi connectivity index (χ2v) is 6.12. The topological polar surface area (TPSA) is 18.5 Å². The van der Waals surface area contributed by atoms with Crippen molar-refractivity contribution in [3.63, 3.8) is 0 Å². The van der Waals surface area contributed by atoms with Gasteiger partial charge in [0, 0.05) is 11.6 Å². The van der Waals surface area contributed by atoms with Crippen LogP contribution in [-0.4, -0.2) is 20.0 Å². The summed E-state index contributed by atoms with van der Waals surface area (Å²) in [4.78, 5) is 0. The molecule has 2 aromatic carbocycles. The molecule has 0 saturated carbocycles. The molecule has 2 rings (SSSR count). The quantitative estimate of drug-likeness (QED) is 0.681. The van der Waals surface area contributed by atoms with Gasteiger partial charge in [-0.3, -0.25) is 0 Å². The zero-order valence-corrected chi connectivity index (χ0v) is 14.1. The largest absolute Gasteiger partial charge is 0.359 e. The number of methoxy groups -OCH3 is 1. The van der Waals surface area contributed by atoms with E-state index < -0.39 is 0 Å². The SMILES string of the molecule is COCOC(C)Cc1ccc(Cc2ccc(Br)cc2)cc1. The van der Waals surface area contributed by atoms with Crippen molar-refractivity contribution in [1.29, 1.82) is 0 Å². The first-order chi connectivity index (χ1) is 10.2. The minimum absolute atomic E-state index is 0.169. The van der Waals surface area contributed by atoms with E-state index in [0.29, 0.717) is 6.79 Å². The molecule has 0 aliphatic heterocycles. The fourth-order valence-electron chi connectivity index (χ4n) is 2.21. The molecule has 0 saturated heterocycles. The number of rotatable bonds is 7. The first-order valence-corrected chi connectivity index (χ1v) is 7.89. The maximum absolute atomic E-state index is 5.51. The Kier molecular flexibility index (Phi) is 6.43. The highest BCUT2D eigenvalue weighted by Gasteiger charge is 2.04. The summed E-state index contributed by atoms with van der Waals surface area (Å²) in [6, 6.07) is 17.2. The smallest absolute Gasteiger partial charge is 0.146 e. The van der Waals surface area contributed by atoms with Crippen LogP contribution in [0.4, 0.5) is 0 Å². The van der Waals surface area contributed by atoms with Gasteiger partial charge in [0.25, 0.3) is 0 Å². The molecular weight excluding hydrogens is 328 g/mol. The monoisotopic (exact) mass is 348 g/mol. The Labute approximate surface area is 135 Å². The number of benzene rings is 2. The van der Waals surface area contributed by atoms with E-state index in [-0.39, 0.29) is 6.10 Å². The molecule has 2 nitrogen and oxygen atoms in total. The normalized spacial score (nSPS) is 12.3. The Morgan fingerprint density at radius 3 is 2.00 bits per heavy atom. The molecule has 0 aliphatic rings. The molecule has 0 aromatic heterocycles. The third-order valence-corrected chi connectivity index (χ3v) is 3.87. The van der Waals surface area contributed by atoms with Gasteiger partial charge in [0.15, 0.2) is 0 Å². The average Bonchev–Trinajstić information content (AvgIpc) is 2.49. The van der Waals surface area contributed by atoms with E-state index in [2.05, 4.69) is 71.4 Å². The first-order valence-electron chi connectivity index (χ1n) is 7.10. The second-order valence-electron chi connectivity index (χ2n) is 5.21. The Hall–Kier alpha value is -1.16. The van der Waals surface area contributed by atoms with Crippen molar-refractivity contribution < 1.29 is 9.47 Å². The van der Waals surface area contributed by atoms with E-state index in [0.717, 1.165) is 17.3 Å². The second kappa shape index (κ2) is 8.32. The van der Waals surface area contributed by atoms with Crippen molar-refractivity contribution in [3.05, 3.63) is 69.7 Å². The summed E-state index contributed by atoms with van der Waals surface area (Å²) in [5, 5.41) is 0. The molecule has 0 aliphatic carbocycles. The molecule has 21 heavy (non-hydrogen) atoms. The Bertz CT molecular complexity index is 534. The number of ether oxygens (including phenoxy) is 2. The lowest BCUT2D eigenvalue weighted by Crippen LogP contribution is -2.13. The fraction of sp³-hybridized carbons (Fsp3) is 0.333. The number of halogens is 1. The zero-order valence-electron chi connectivity index (χ0n) is 12.5. The molecule has 0 amide bonds. The van der Waals surface area contributed by atoms with Crippen LogP contribution in [-0.2, 0) is 22.3 Å². The van der Waals surface area contributed by atoms with E-state index in [9.17, 15) is 0 Å². The van der Waals surface area contributed by atoms with E-state index in [4.69, 9.17) is 9.47 Å². The van der Waals surface area contributed by atoms with Gasteiger partial charge in [-0.15, -0.1) is 0 Å². The molecule has 0 spiro atoms. The zero-order chi connectivity index (χ0) is 15.1. The molecular formula is C18H21BrO2. The van der Waals surface area contributed by atoms with Gasteiger partial charge in [0.05, 0.1) is 6.10 Å². The minimum atomic E-state index is 0.169. The summed E-state index contributed by atoms with van der Waals surface area (Å²) in [5.74, 6) is 0. The third-order valence-electron chi connectivity index (χ3n) is 3.34. The molecule has 2 aromatic rings. The van der Waals surface area contributed by atoms with Gasteiger partial charge in [0.1, 0.15) is 6.79 Å². The Morgan fingerprint density at radius 2 is 1.43 bits per heavy atom. The van der Waals surface area contributed by atoms with Gasteiger partial charge in [-0.05, 0) is 48.6 Å². The lowest BCUT2D eigenvalue weighted by Gasteiger charge is -2.12. The van der Waals surface area contributed by atoms with Crippen molar-refractivity contribution in [3.8, 4) is 0 Å². The van der Waals surface area contributed by atoms with E-state index >= 15 is 0 Å². The first kappa shape index (κ1) is 16.2. The summed E-state index contributed by atoms with van der Waals surface area (Å²) in [5.41, 5.74) is 3.94. The molecule has 1 unspecified atom stereocenters. The summed E-state index contributed by atoms with van der Waals surface area (Å²) in [6.45, 7) is 2.41. The maximum atomic E-state index is 5.51. The van der Waals surface area contributed by atoms with Gasteiger partial charge < -0.3 is 9.47 Å². The van der Waals surface area contributed by atoms with E-state index in [1.165, 1.54) is 16.7 Å². The lowest BCUT2D eigenvalue weighted by atomic mass is 10.0. The average molecular weight is 349 g/mol. The third kappa shape index (κ3) is 5.62. The van der Waals surface area contributed by atoms with Crippen molar-refractivity contribution in [1.82, 2.24) is 0 Å². The number of hydrogen-bond donors (Lipinski definition) is 0. The highest BCUT2D eigenvalue weighted by molar-refractivity contribution is 9.10. The standard InChI is InChI=1S/C18H21BrO2/c1-14(21-13-20-2)11-15-3-5-16(6-4-15)12-17-7-9-18(19)10-8-17/h3-10,14H,11-13H2,1-2H3. The van der Waals surface area contributed by atoms with Crippen LogP contribution in [0.2, 0.25) is 0 Å². The summed E-state index contributed by atoms with van der Waals surface area (Å²) in [6.07, 6.45) is 2.04. The summed E-state index contributed by atoms with van der Waals surface area (Å²) < 4.78 is 11.5. The van der Waals surface area contributed by atoms with Crippen LogP contribution in [0.15, 0.2) is 53.0 Å². The van der Waals surface area contributed by atoms with E-state index in [1.54, 1.807) is 7.11 Å². The Morgan fingerprint density at radius 1 is 0.905 bits per heavy atom. The molecule has 0 heterocycles. The highest BCUT2D eigenvalue weighted by Crippen LogP contribution is 2.15. The molecule has 0 radical (unpaired) electrons. The van der Waals surface area contributed by atoms with Crippen LogP contribution in [0.25, 0.3) is 0 Å². The van der Waals surface area contributed by atoms with Gasteiger partial charge in [-0.1, -0.05) is 52.3 Å². The predicted octanol–water partition coefficient (Wildman–Crippen LogP) is 4.59. The predicted molar refractivity (Wildman–Crippen MR) is 89.5 cm³/mol. The van der Waals surface area contributed by atoms with Crippen LogP contribution in [0.1, 0.15) is 23.6 Å². The Balaban J connectivity index is 1.91. The molecule has 112 valence electrons. The van der Waals surface area contributed by atoms with E-state index in [1.807, 2.05) is 0 Å². The fourth-order valence-corrected chi connectivity index (χ4v) is 2.47. The van der Waals surface area contributed by atoms with Crippen LogP contribution >= 0.6 is 15.9 Å². The molecule has 0 bridgehead atoms. The highest BCUT2D eigenvalue weighted by atomic mass is 79.9. The van der Waals surface area contributed by atoms with Crippen molar-refractivity contribution in [2.24, 2.45) is 0 Å². The number of hydrogen-bond acceptors (Lipinski definition) is 2. The van der Waals surface area contributed by atoms with Gasteiger partial charge >= 0.3 is 0 Å². The van der Waals surface area contributed by atoms with Gasteiger partial charge in [-0.25, -0.2) is 0 Å². The van der Waals surface area contributed by atoms with Crippen LogP contribution in [0, 0.1) is 0 Å². The minimum Gasteiger partial charge on any atom is -0.359 e. The lowest BCUT2D eigenvalue weighted by molar-refractivity contribution is -0.0646. The molecule has 0 fully saturated rings. The van der Waals surface area contributed by atoms with Crippen LogP contribution in [0.5, 0.6) is 0 Å². The molecule has 3 heteroatoms. The molecule has 1 atom stereocenters.